The molecule has 6 nitrogen and oxygen atoms in total. The molecule has 0 bridgehead atoms. The molecule has 2 heterocycles. The number of nitrogens with zero attached hydrogens (tertiary/aromatic N) is 1. The van der Waals surface area contributed by atoms with Crippen molar-refractivity contribution in [2.45, 2.75) is 108 Å². The van der Waals surface area contributed by atoms with E-state index in [1.807, 2.05) is 0 Å². The zero-order chi connectivity index (χ0) is 27.8. The number of alkyl halides is 3. The number of carboxylic acids is 1. The largest absolute Gasteiger partial charge is 0.477 e. The summed E-state index contributed by atoms with van der Waals surface area (Å²) in [5, 5.41) is 10.1. The third kappa shape index (κ3) is 5.73. The Morgan fingerprint density at radius 3 is 2.31 bits per heavy atom. The zero-order valence-electron chi connectivity index (χ0n) is 22.3. The number of hydrogen-bond acceptors (Lipinski definition) is 5. The third-order valence-corrected chi connectivity index (χ3v) is 10.1. The quantitative estimate of drug-likeness (QED) is 0.394. The van der Waals surface area contributed by atoms with Gasteiger partial charge in [0.2, 0.25) is 5.91 Å². The monoisotopic (exact) mass is 567 g/mol. The lowest BCUT2D eigenvalue weighted by Crippen LogP contribution is -2.58. The van der Waals surface area contributed by atoms with Gasteiger partial charge in [0.15, 0.2) is 0 Å². The third-order valence-electron chi connectivity index (χ3n) is 9.05. The van der Waals surface area contributed by atoms with Gasteiger partial charge in [0, 0.05) is 13.5 Å². The van der Waals surface area contributed by atoms with Crippen molar-refractivity contribution in [1.29, 1.82) is 0 Å². The molecule has 214 valence electrons. The van der Waals surface area contributed by atoms with Gasteiger partial charge in [-0.15, -0.1) is 11.3 Å². The van der Waals surface area contributed by atoms with Crippen molar-refractivity contribution in [3.63, 3.8) is 0 Å². The molecular formula is C29H36F3NO5S. The van der Waals surface area contributed by atoms with Crippen molar-refractivity contribution in [2.24, 2.45) is 11.3 Å². The van der Waals surface area contributed by atoms with Crippen LogP contribution in [-0.4, -0.2) is 54.1 Å². The molecule has 1 atom stereocenters. The molecule has 1 aromatic rings. The van der Waals surface area contributed by atoms with Crippen LogP contribution in [0.3, 0.4) is 0 Å². The first-order chi connectivity index (χ1) is 18.5. The van der Waals surface area contributed by atoms with Gasteiger partial charge >= 0.3 is 12.1 Å². The molecule has 1 unspecified atom stereocenters. The molecule has 39 heavy (non-hydrogen) atoms. The summed E-state index contributed by atoms with van der Waals surface area (Å²) in [5.41, 5.74) is -2.27. The second-order valence-electron chi connectivity index (χ2n) is 11.6. The van der Waals surface area contributed by atoms with Crippen molar-refractivity contribution in [2.75, 3.05) is 18.1 Å². The topological polar surface area (TPSA) is 76.1 Å². The molecule has 0 aromatic carbocycles. The molecule has 10 heteroatoms. The van der Waals surface area contributed by atoms with Crippen LogP contribution in [0.4, 0.5) is 18.9 Å². The summed E-state index contributed by atoms with van der Waals surface area (Å²) in [6, 6.07) is 1.53. The fourth-order valence-electron chi connectivity index (χ4n) is 6.88. The second kappa shape index (κ2) is 11.1. The molecule has 3 aliphatic carbocycles. The van der Waals surface area contributed by atoms with E-state index in [-0.39, 0.29) is 52.3 Å². The minimum Gasteiger partial charge on any atom is -0.477 e. The number of aromatic carboxylic acids is 1. The van der Waals surface area contributed by atoms with E-state index in [1.165, 1.54) is 13.0 Å². The van der Waals surface area contributed by atoms with Crippen LogP contribution in [0.15, 0.2) is 6.07 Å². The van der Waals surface area contributed by atoms with Crippen LogP contribution in [0.5, 0.6) is 0 Å². The number of thiophene rings is 1. The molecular weight excluding hydrogens is 531 g/mol. The first kappa shape index (κ1) is 28.4. The molecule has 3 saturated carbocycles. The number of carbonyl (C=O) groups is 2. The van der Waals surface area contributed by atoms with E-state index in [2.05, 4.69) is 11.8 Å². The number of carboxylic acid groups (broad SMARTS) is 1. The summed E-state index contributed by atoms with van der Waals surface area (Å²) in [6.45, 7) is 2.82. The van der Waals surface area contributed by atoms with Crippen LogP contribution in [-0.2, 0) is 14.3 Å². The highest BCUT2D eigenvalue weighted by molar-refractivity contribution is 7.15. The van der Waals surface area contributed by atoms with E-state index in [1.54, 1.807) is 4.90 Å². The summed E-state index contributed by atoms with van der Waals surface area (Å²) in [4.78, 5) is 27.5. The summed E-state index contributed by atoms with van der Waals surface area (Å²) in [7, 11) is 0. The normalized spacial score (nSPS) is 27.8. The van der Waals surface area contributed by atoms with Crippen molar-refractivity contribution < 1.29 is 37.3 Å². The minimum atomic E-state index is -4.42. The van der Waals surface area contributed by atoms with E-state index in [9.17, 15) is 27.9 Å². The number of hydrogen-bond donors (Lipinski definition) is 1. The minimum absolute atomic E-state index is 0.0453. The summed E-state index contributed by atoms with van der Waals surface area (Å²) in [5.74, 6) is 3.73. The van der Waals surface area contributed by atoms with Crippen molar-refractivity contribution >= 4 is 28.9 Å². The molecule has 0 spiro atoms. The Labute approximate surface area is 231 Å². The maximum Gasteiger partial charge on any atom is 0.405 e. The SMILES string of the molecule is CC(=O)N(c1cc(C#CC2(C(F)(F)F)CC2)sc1C(=O)O)C1(C2CCC(OC3CCOC3)CC2)CCCCC1. The number of amides is 1. The molecule has 5 rings (SSSR count). The van der Waals surface area contributed by atoms with Crippen LogP contribution in [0, 0.1) is 23.2 Å². The van der Waals surface area contributed by atoms with Gasteiger partial charge in [-0.2, -0.15) is 13.2 Å². The van der Waals surface area contributed by atoms with Crippen LogP contribution < -0.4 is 4.90 Å². The number of ether oxygens (including phenoxy) is 2. The van der Waals surface area contributed by atoms with Gasteiger partial charge in [-0.1, -0.05) is 31.1 Å². The lowest BCUT2D eigenvalue weighted by atomic mass is 9.66. The fourth-order valence-corrected chi connectivity index (χ4v) is 7.71. The molecule has 1 N–H and O–H groups in total. The van der Waals surface area contributed by atoms with Gasteiger partial charge in [-0.3, -0.25) is 4.79 Å². The van der Waals surface area contributed by atoms with E-state index in [4.69, 9.17) is 9.47 Å². The Morgan fingerprint density at radius 1 is 1.08 bits per heavy atom. The van der Waals surface area contributed by atoms with Crippen molar-refractivity contribution in [3.05, 3.63) is 15.8 Å². The summed E-state index contributed by atoms with van der Waals surface area (Å²) < 4.78 is 52.0. The predicted molar refractivity (Wildman–Crippen MR) is 141 cm³/mol. The van der Waals surface area contributed by atoms with Crippen molar-refractivity contribution in [3.8, 4) is 11.8 Å². The van der Waals surface area contributed by atoms with Gasteiger partial charge in [0.1, 0.15) is 10.3 Å². The van der Waals surface area contributed by atoms with Gasteiger partial charge in [-0.05, 0) is 69.8 Å². The maximum absolute atomic E-state index is 13.4. The molecule has 4 fully saturated rings. The average Bonchev–Trinajstić information content (AvgIpc) is 3.32. The molecule has 4 aliphatic rings. The Kier molecular flexibility index (Phi) is 8.06. The fraction of sp³-hybridized carbons (Fsp3) is 0.724. The van der Waals surface area contributed by atoms with Gasteiger partial charge in [-0.25, -0.2) is 4.79 Å². The Morgan fingerprint density at radius 2 is 1.77 bits per heavy atom. The highest BCUT2D eigenvalue weighted by Crippen LogP contribution is 2.57. The van der Waals surface area contributed by atoms with Gasteiger partial charge < -0.3 is 19.5 Å². The van der Waals surface area contributed by atoms with E-state index in [0.717, 1.165) is 82.2 Å². The molecule has 1 saturated heterocycles. The van der Waals surface area contributed by atoms with Crippen molar-refractivity contribution in [1.82, 2.24) is 0 Å². The number of carbonyl (C=O) groups excluding carboxylic acids is 1. The summed E-state index contributed by atoms with van der Waals surface area (Å²) in [6.07, 6.45) is 4.66. The first-order valence-corrected chi connectivity index (χ1v) is 14.9. The van der Waals surface area contributed by atoms with Gasteiger partial charge in [0.05, 0.1) is 34.9 Å². The van der Waals surface area contributed by atoms with Crippen LogP contribution >= 0.6 is 11.3 Å². The predicted octanol–water partition coefficient (Wildman–Crippen LogP) is 6.56. The average molecular weight is 568 g/mol. The maximum atomic E-state index is 13.4. The first-order valence-electron chi connectivity index (χ1n) is 14.1. The van der Waals surface area contributed by atoms with E-state index >= 15 is 0 Å². The van der Waals surface area contributed by atoms with E-state index < -0.39 is 23.1 Å². The number of halogens is 3. The molecule has 0 radical (unpaired) electrons. The molecule has 1 aromatic heterocycles. The molecule has 1 aliphatic heterocycles. The summed E-state index contributed by atoms with van der Waals surface area (Å²) >= 11 is 0.854. The lowest BCUT2D eigenvalue weighted by Gasteiger charge is -2.52. The standard InChI is InChI=1S/C29H36F3NO5S/c1-19(34)33(24-17-23(39-25(24)26(35)36)9-13-27(14-15-27)29(30,31)32)28(11-3-2-4-12-28)20-5-7-21(8-6-20)38-22-10-16-37-18-22/h17,20-22H,2-8,10-12,14-16,18H2,1H3,(H,35,36). The Bertz CT molecular complexity index is 1130. The van der Waals surface area contributed by atoms with Crippen LogP contribution in [0.25, 0.3) is 0 Å². The van der Waals surface area contributed by atoms with E-state index in [0.29, 0.717) is 6.61 Å². The van der Waals surface area contributed by atoms with Crippen LogP contribution in [0.1, 0.15) is 98.5 Å². The van der Waals surface area contributed by atoms with Gasteiger partial charge in [0.25, 0.3) is 0 Å². The Hall–Kier alpha value is -2.09. The highest BCUT2D eigenvalue weighted by atomic mass is 32.1. The lowest BCUT2D eigenvalue weighted by molar-refractivity contribution is -0.168. The highest BCUT2D eigenvalue weighted by Gasteiger charge is 2.62. The number of anilines is 1. The van der Waals surface area contributed by atoms with Crippen LogP contribution in [0.2, 0.25) is 0 Å². The second-order valence-corrected chi connectivity index (χ2v) is 12.6. The smallest absolute Gasteiger partial charge is 0.405 e. The number of rotatable bonds is 6. The molecule has 1 amide bonds. The zero-order valence-corrected chi connectivity index (χ0v) is 23.1. The Balaban J connectivity index is 1.44.